The zero-order valence-electron chi connectivity index (χ0n) is 13.8. The van der Waals surface area contributed by atoms with E-state index in [0.29, 0.717) is 37.4 Å². The topological polar surface area (TPSA) is 57.7 Å². The van der Waals surface area contributed by atoms with E-state index in [2.05, 4.69) is 0 Å². The van der Waals surface area contributed by atoms with E-state index in [-0.39, 0.29) is 11.3 Å². The van der Waals surface area contributed by atoms with Crippen molar-refractivity contribution in [3.63, 3.8) is 0 Å². The van der Waals surface area contributed by atoms with E-state index in [9.17, 15) is 13.2 Å². The molecule has 2 saturated heterocycles. The van der Waals surface area contributed by atoms with Crippen LogP contribution in [0, 0.1) is 5.41 Å². The molecule has 130 valence electrons. The number of amides is 1. The van der Waals surface area contributed by atoms with E-state index in [1.54, 1.807) is 35.2 Å². The van der Waals surface area contributed by atoms with Gasteiger partial charge in [0.05, 0.1) is 4.90 Å². The van der Waals surface area contributed by atoms with E-state index < -0.39 is 10.0 Å². The smallest absolute Gasteiger partial charge is 0.243 e. The van der Waals surface area contributed by atoms with Gasteiger partial charge < -0.3 is 4.90 Å². The van der Waals surface area contributed by atoms with Crippen molar-refractivity contribution in [2.24, 2.45) is 5.41 Å². The van der Waals surface area contributed by atoms with Gasteiger partial charge in [-0.1, -0.05) is 36.4 Å². The summed E-state index contributed by atoms with van der Waals surface area (Å²) in [5.41, 5.74) is 0.600. The molecule has 0 radical (unpaired) electrons. The molecule has 2 aromatic carbocycles. The zero-order chi connectivity index (χ0) is 17.5. The number of sulfonamides is 1. The zero-order valence-corrected chi connectivity index (χ0v) is 14.7. The van der Waals surface area contributed by atoms with Gasteiger partial charge in [-0.25, -0.2) is 8.42 Å². The summed E-state index contributed by atoms with van der Waals surface area (Å²) < 4.78 is 27.2. The van der Waals surface area contributed by atoms with Crippen molar-refractivity contribution >= 4 is 21.6 Å². The summed E-state index contributed by atoms with van der Waals surface area (Å²) in [5.74, 6) is 0.0742. The average Bonchev–Trinajstić information content (AvgIpc) is 3.20. The maximum atomic E-state index is 12.8. The predicted molar refractivity (Wildman–Crippen MR) is 95.7 cm³/mol. The number of anilines is 1. The van der Waals surface area contributed by atoms with E-state index in [0.717, 1.165) is 5.69 Å². The highest BCUT2D eigenvalue weighted by molar-refractivity contribution is 7.89. The third-order valence-corrected chi connectivity index (χ3v) is 7.03. The Morgan fingerprint density at radius 1 is 0.880 bits per heavy atom. The van der Waals surface area contributed by atoms with Gasteiger partial charge in [0.15, 0.2) is 0 Å². The van der Waals surface area contributed by atoms with Crippen LogP contribution in [0.25, 0.3) is 0 Å². The summed E-state index contributed by atoms with van der Waals surface area (Å²) in [6.07, 6.45) is 1.12. The molecule has 0 bridgehead atoms. The van der Waals surface area contributed by atoms with Gasteiger partial charge in [-0.05, 0) is 30.7 Å². The number of nitrogens with zero attached hydrogens (tertiary/aromatic N) is 2. The quantitative estimate of drug-likeness (QED) is 0.849. The number of hydrogen-bond donors (Lipinski definition) is 0. The normalized spacial score (nSPS) is 24.3. The van der Waals surface area contributed by atoms with E-state index >= 15 is 0 Å². The first-order chi connectivity index (χ1) is 12.0. The SMILES string of the molecule is O=C1C[C@]2(CCN(S(=O)(=O)c3ccccc3)C2)CN1c1ccccc1. The minimum Gasteiger partial charge on any atom is -0.312 e. The van der Waals surface area contributed by atoms with Crippen molar-refractivity contribution in [2.75, 3.05) is 24.5 Å². The lowest BCUT2D eigenvalue weighted by molar-refractivity contribution is -0.117. The minimum atomic E-state index is -3.50. The molecule has 4 rings (SSSR count). The highest BCUT2D eigenvalue weighted by Crippen LogP contribution is 2.43. The van der Waals surface area contributed by atoms with Crippen molar-refractivity contribution in [3.05, 3.63) is 60.7 Å². The molecule has 2 aromatic rings. The summed E-state index contributed by atoms with van der Waals surface area (Å²) >= 11 is 0. The van der Waals surface area contributed by atoms with Gasteiger partial charge in [-0.3, -0.25) is 4.79 Å². The first kappa shape index (κ1) is 16.3. The van der Waals surface area contributed by atoms with Crippen molar-refractivity contribution in [1.82, 2.24) is 4.31 Å². The van der Waals surface area contributed by atoms with Crippen LogP contribution >= 0.6 is 0 Å². The molecule has 1 spiro atoms. The third-order valence-electron chi connectivity index (χ3n) is 5.17. The molecule has 2 heterocycles. The summed E-state index contributed by atoms with van der Waals surface area (Å²) in [5, 5.41) is 0. The fourth-order valence-electron chi connectivity index (χ4n) is 3.85. The molecule has 0 aromatic heterocycles. The summed E-state index contributed by atoms with van der Waals surface area (Å²) in [4.78, 5) is 14.6. The summed E-state index contributed by atoms with van der Waals surface area (Å²) in [6.45, 7) is 1.45. The minimum absolute atomic E-state index is 0.0742. The molecule has 5 nitrogen and oxygen atoms in total. The Labute approximate surface area is 147 Å². The highest BCUT2D eigenvalue weighted by Gasteiger charge is 2.50. The molecule has 2 fully saturated rings. The number of rotatable bonds is 3. The van der Waals surface area contributed by atoms with Gasteiger partial charge in [0, 0.05) is 37.2 Å². The first-order valence-corrected chi connectivity index (χ1v) is 9.85. The van der Waals surface area contributed by atoms with Crippen LogP contribution in [0.2, 0.25) is 0 Å². The van der Waals surface area contributed by atoms with Gasteiger partial charge >= 0.3 is 0 Å². The predicted octanol–water partition coefficient (Wildman–Crippen LogP) is 2.50. The standard InChI is InChI=1S/C19H20N2O3S/c22-18-13-19(15-21(18)16-7-3-1-4-8-16)11-12-20(14-19)25(23,24)17-9-5-2-6-10-17/h1-10H,11-15H2/t19-/m0/s1. The fourth-order valence-corrected chi connectivity index (χ4v) is 5.43. The van der Waals surface area contributed by atoms with Crippen LogP contribution in [0.1, 0.15) is 12.8 Å². The van der Waals surface area contributed by atoms with Gasteiger partial charge in [0.25, 0.3) is 0 Å². The molecule has 25 heavy (non-hydrogen) atoms. The average molecular weight is 356 g/mol. The molecule has 0 N–H and O–H groups in total. The molecular weight excluding hydrogens is 336 g/mol. The number of carbonyl (C=O) groups excluding carboxylic acids is 1. The Balaban J connectivity index is 1.56. The van der Waals surface area contributed by atoms with Crippen LogP contribution in [0.5, 0.6) is 0 Å². The second-order valence-corrected chi connectivity index (χ2v) is 8.83. The highest BCUT2D eigenvalue weighted by atomic mass is 32.2. The van der Waals surface area contributed by atoms with E-state index in [1.165, 1.54) is 4.31 Å². The maximum Gasteiger partial charge on any atom is 0.243 e. The molecule has 1 atom stereocenters. The van der Waals surface area contributed by atoms with Gasteiger partial charge in [-0.15, -0.1) is 0 Å². The molecule has 0 unspecified atom stereocenters. The van der Waals surface area contributed by atoms with Gasteiger partial charge in [-0.2, -0.15) is 4.31 Å². The van der Waals surface area contributed by atoms with Crippen molar-refractivity contribution in [3.8, 4) is 0 Å². The van der Waals surface area contributed by atoms with Crippen LogP contribution < -0.4 is 4.90 Å². The molecule has 6 heteroatoms. The lowest BCUT2D eigenvalue weighted by atomic mass is 9.86. The van der Waals surface area contributed by atoms with E-state index in [1.807, 2.05) is 30.3 Å². The monoisotopic (exact) mass is 356 g/mol. The summed E-state index contributed by atoms with van der Waals surface area (Å²) in [7, 11) is -3.50. The Hall–Kier alpha value is -2.18. The Kier molecular flexibility index (Phi) is 3.89. The molecule has 0 saturated carbocycles. The molecule has 2 aliphatic heterocycles. The van der Waals surface area contributed by atoms with Crippen LogP contribution in [0.15, 0.2) is 65.6 Å². The molecule has 2 aliphatic rings. The van der Waals surface area contributed by atoms with Gasteiger partial charge in [0.2, 0.25) is 15.9 Å². The molecular formula is C19H20N2O3S. The van der Waals surface area contributed by atoms with E-state index in [4.69, 9.17) is 0 Å². The molecule has 0 aliphatic carbocycles. The third kappa shape index (κ3) is 2.85. The molecule has 1 amide bonds. The first-order valence-electron chi connectivity index (χ1n) is 8.41. The Morgan fingerprint density at radius 2 is 1.52 bits per heavy atom. The lowest BCUT2D eigenvalue weighted by Crippen LogP contribution is -2.34. The Morgan fingerprint density at radius 3 is 2.20 bits per heavy atom. The lowest BCUT2D eigenvalue weighted by Gasteiger charge is -2.24. The van der Waals surface area contributed by atoms with Crippen LogP contribution in [0.3, 0.4) is 0 Å². The largest absolute Gasteiger partial charge is 0.312 e. The van der Waals surface area contributed by atoms with Crippen LogP contribution in [0.4, 0.5) is 5.69 Å². The van der Waals surface area contributed by atoms with Crippen LogP contribution in [-0.4, -0.2) is 38.3 Å². The Bertz CT molecular complexity index is 883. The van der Waals surface area contributed by atoms with Crippen molar-refractivity contribution in [1.29, 1.82) is 0 Å². The number of benzene rings is 2. The number of carbonyl (C=O) groups is 1. The second-order valence-electron chi connectivity index (χ2n) is 6.89. The number of hydrogen-bond acceptors (Lipinski definition) is 3. The van der Waals surface area contributed by atoms with Crippen molar-refractivity contribution in [2.45, 2.75) is 17.7 Å². The fraction of sp³-hybridized carbons (Fsp3) is 0.316. The number of para-hydroxylation sites is 1. The maximum absolute atomic E-state index is 12.8. The van der Waals surface area contributed by atoms with Crippen molar-refractivity contribution < 1.29 is 13.2 Å². The van der Waals surface area contributed by atoms with Crippen LogP contribution in [-0.2, 0) is 14.8 Å². The summed E-state index contributed by atoms with van der Waals surface area (Å²) in [6, 6.07) is 18.1. The second kappa shape index (κ2) is 5.97. The van der Waals surface area contributed by atoms with Gasteiger partial charge in [0.1, 0.15) is 0 Å².